The zero-order valence-corrected chi connectivity index (χ0v) is 18.5. The molecule has 1 heterocycles. The Morgan fingerprint density at radius 1 is 1.21 bits per heavy atom. The Morgan fingerprint density at radius 3 is 2.55 bits per heavy atom. The molecule has 7 nitrogen and oxygen atoms in total. The number of alkyl halides is 2. The second kappa shape index (κ2) is 13.1. The van der Waals surface area contributed by atoms with Gasteiger partial charge < -0.3 is 25.2 Å². The van der Waals surface area contributed by atoms with Crippen LogP contribution in [0.25, 0.3) is 0 Å². The highest BCUT2D eigenvalue weighted by atomic mass is 127. The molecule has 160 valence electrons. The van der Waals surface area contributed by atoms with Crippen molar-refractivity contribution in [1.82, 2.24) is 15.6 Å². The van der Waals surface area contributed by atoms with Crippen LogP contribution in [0.15, 0.2) is 47.6 Å². The van der Waals surface area contributed by atoms with E-state index in [1.54, 1.807) is 19.4 Å². The molecule has 2 aromatic rings. The summed E-state index contributed by atoms with van der Waals surface area (Å²) >= 11 is 0. The van der Waals surface area contributed by atoms with Crippen LogP contribution in [0, 0.1) is 0 Å². The lowest BCUT2D eigenvalue weighted by molar-refractivity contribution is -0.0498. The quantitative estimate of drug-likeness (QED) is 0.267. The van der Waals surface area contributed by atoms with Crippen LogP contribution >= 0.6 is 24.0 Å². The molecule has 1 aromatic carbocycles. The summed E-state index contributed by atoms with van der Waals surface area (Å²) in [4.78, 5) is 8.52. The largest absolute Gasteiger partial charge is 0.481 e. The second-order valence-electron chi connectivity index (χ2n) is 5.75. The molecule has 10 heteroatoms. The molecule has 0 spiro atoms. The summed E-state index contributed by atoms with van der Waals surface area (Å²) in [5.74, 6) is 1.09. The van der Waals surface area contributed by atoms with E-state index in [2.05, 4.69) is 25.3 Å². The van der Waals surface area contributed by atoms with Crippen molar-refractivity contribution in [2.45, 2.75) is 26.2 Å². The van der Waals surface area contributed by atoms with Crippen LogP contribution in [0.5, 0.6) is 11.6 Å². The van der Waals surface area contributed by atoms with E-state index in [0.29, 0.717) is 30.5 Å². The molecule has 0 aliphatic rings. The molecular weight excluding hydrogens is 497 g/mol. The standard InChI is InChI=1S/C19H24F2N4O3.HI/c1-3-22-19(24-11-13-8-9-23-17(10-13)27-2)25-12-16(26)14-4-6-15(7-5-14)28-18(20)21;/h4-10,16,18,26H,3,11-12H2,1-2H3,(H2,22,24,25);1H. The molecule has 0 saturated carbocycles. The lowest BCUT2D eigenvalue weighted by Gasteiger charge is -2.16. The molecule has 2 rings (SSSR count). The van der Waals surface area contributed by atoms with E-state index in [-0.39, 0.29) is 36.3 Å². The Kier molecular flexibility index (Phi) is 11.2. The highest BCUT2D eigenvalue weighted by Gasteiger charge is 2.10. The van der Waals surface area contributed by atoms with E-state index >= 15 is 0 Å². The van der Waals surface area contributed by atoms with Crippen molar-refractivity contribution in [2.75, 3.05) is 20.2 Å². The fraction of sp³-hybridized carbons (Fsp3) is 0.368. The zero-order chi connectivity index (χ0) is 20.4. The van der Waals surface area contributed by atoms with Gasteiger partial charge in [0.25, 0.3) is 0 Å². The Balaban J connectivity index is 0.00000420. The van der Waals surface area contributed by atoms with Crippen LogP contribution in [-0.4, -0.2) is 42.9 Å². The van der Waals surface area contributed by atoms with Gasteiger partial charge in [-0.3, -0.25) is 0 Å². The fourth-order valence-corrected chi connectivity index (χ4v) is 2.36. The number of rotatable bonds is 9. The number of hydrogen-bond acceptors (Lipinski definition) is 5. The molecule has 3 N–H and O–H groups in total. The van der Waals surface area contributed by atoms with Crippen LogP contribution in [0.3, 0.4) is 0 Å². The number of aliphatic hydroxyl groups is 1. The Labute approximate surface area is 185 Å². The van der Waals surface area contributed by atoms with Crippen molar-refractivity contribution in [1.29, 1.82) is 0 Å². The topological polar surface area (TPSA) is 88.0 Å². The van der Waals surface area contributed by atoms with Gasteiger partial charge in [0.1, 0.15) is 5.75 Å². The van der Waals surface area contributed by atoms with Crippen molar-refractivity contribution >= 4 is 29.9 Å². The van der Waals surface area contributed by atoms with Gasteiger partial charge in [-0.05, 0) is 36.2 Å². The molecule has 0 saturated heterocycles. The molecule has 29 heavy (non-hydrogen) atoms. The Morgan fingerprint density at radius 2 is 1.93 bits per heavy atom. The number of aromatic nitrogens is 1. The van der Waals surface area contributed by atoms with E-state index in [1.807, 2.05) is 13.0 Å². The van der Waals surface area contributed by atoms with Gasteiger partial charge in [-0.2, -0.15) is 8.78 Å². The maximum Gasteiger partial charge on any atom is 0.387 e. The molecule has 0 amide bonds. The van der Waals surface area contributed by atoms with Gasteiger partial charge in [-0.15, -0.1) is 24.0 Å². The summed E-state index contributed by atoms with van der Waals surface area (Å²) in [6.45, 7) is 0.313. The molecular formula is C19H25F2IN4O3. The van der Waals surface area contributed by atoms with Gasteiger partial charge >= 0.3 is 6.61 Å². The highest BCUT2D eigenvalue weighted by molar-refractivity contribution is 14.0. The van der Waals surface area contributed by atoms with E-state index in [4.69, 9.17) is 4.74 Å². The van der Waals surface area contributed by atoms with Crippen molar-refractivity contribution in [3.8, 4) is 11.6 Å². The number of benzene rings is 1. The predicted molar refractivity (Wildman–Crippen MR) is 117 cm³/mol. The van der Waals surface area contributed by atoms with Gasteiger partial charge in [0.2, 0.25) is 5.88 Å². The van der Waals surface area contributed by atoms with Crippen LogP contribution < -0.4 is 20.1 Å². The van der Waals surface area contributed by atoms with E-state index < -0.39 is 12.7 Å². The SMILES string of the molecule is CCNC(=NCc1ccnc(OC)c1)NCC(O)c1ccc(OC(F)F)cc1.I. The summed E-state index contributed by atoms with van der Waals surface area (Å²) in [5, 5.41) is 16.5. The van der Waals surface area contributed by atoms with Gasteiger partial charge in [0.15, 0.2) is 5.96 Å². The van der Waals surface area contributed by atoms with Gasteiger partial charge in [-0.25, -0.2) is 9.98 Å². The lowest BCUT2D eigenvalue weighted by atomic mass is 10.1. The average molecular weight is 522 g/mol. The van der Waals surface area contributed by atoms with Crippen molar-refractivity contribution in [3.05, 3.63) is 53.7 Å². The van der Waals surface area contributed by atoms with Gasteiger partial charge in [-0.1, -0.05) is 12.1 Å². The number of halogens is 3. The number of ether oxygens (including phenoxy) is 2. The Hall–Kier alpha value is -2.21. The number of methoxy groups -OCH3 is 1. The minimum atomic E-state index is -2.88. The van der Waals surface area contributed by atoms with E-state index in [1.165, 1.54) is 24.3 Å². The molecule has 1 unspecified atom stereocenters. The number of aliphatic imine (C=N–C) groups is 1. The minimum Gasteiger partial charge on any atom is -0.481 e. The van der Waals surface area contributed by atoms with Crippen LogP contribution in [0.2, 0.25) is 0 Å². The first-order chi connectivity index (χ1) is 13.5. The molecule has 0 bridgehead atoms. The highest BCUT2D eigenvalue weighted by Crippen LogP contribution is 2.19. The third-order valence-electron chi connectivity index (χ3n) is 3.73. The normalized spacial score (nSPS) is 12.1. The summed E-state index contributed by atoms with van der Waals surface area (Å²) in [6.07, 6.45) is 0.806. The maximum absolute atomic E-state index is 12.2. The lowest BCUT2D eigenvalue weighted by Crippen LogP contribution is -2.39. The van der Waals surface area contributed by atoms with Crippen LogP contribution in [0.4, 0.5) is 8.78 Å². The second-order valence-corrected chi connectivity index (χ2v) is 5.75. The molecule has 0 fully saturated rings. The molecule has 0 radical (unpaired) electrons. The van der Waals surface area contributed by atoms with Crippen molar-refractivity contribution in [3.63, 3.8) is 0 Å². The predicted octanol–water partition coefficient (Wildman–Crippen LogP) is 3.10. The van der Waals surface area contributed by atoms with E-state index in [0.717, 1.165) is 5.56 Å². The Bertz CT molecular complexity index is 763. The third kappa shape index (κ3) is 8.77. The zero-order valence-electron chi connectivity index (χ0n) is 16.1. The minimum absolute atomic E-state index is 0. The molecule has 0 aliphatic heterocycles. The van der Waals surface area contributed by atoms with Crippen molar-refractivity contribution in [2.24, 2.45) is 4.99 Å². The van der Waals surface area contributed by atoms with Gasteiger partial charge in [0.05, 0.1) is 19.8 Å². The smallest absolute Gasteiger partial charge is 0.387 e. The first-order valence-corrected chi connectivity index (χ1v) is 8.75. The summed E-state index contributed by atoms with van der Waals surface area (Å²) in [5.41, 5.74) is 1.50. The summed E-state index contributed by atoms with van der Waals surface area (Å²) < 4.78 is 33.8. The van der Waals surface area contributed by atoms with Crippen LogP contribution in [0.1, 0.15) is 24.2 Å². The number of guanidine groups is 1. The number of pyridine rings is 1. The van der Waals surface area contributed by atoms with Crippen LogP contribution in [-0.2, 0) is 6.54 Å². The number of hydrogen-bond donors (Lipinski definition) is 3. The number of nitrogens with one attached hydrogen (secondary N) is 2. The first-order valence-electron chi connectivity index (χ1n) is 8.75. The summed E-state index contributed by atoms with van der Waals surface area (Å²) in [7, 11) is 1.55. The summed E-state index contributed by atoms with van der Waals surface area (Å²) in [6, 6.07) is 9.49. The van der Waals surface area contributed by atoms with Crippen molar-refractivity contribution < 1.29 is 23.4 Å². The first kappa shape index (κ1) is 24.8. The fourth-order valence-electron chi connectivity index (χ4n) is 2.36. The number of aliphatic hydroxyl groups excluding tert-OH is 1. The molecule has 1 aromatic heterocycles. The molecule has 0 aliphatic carbocycles. The third-order valence-corrected chi connectivity index (χ3v) is 3.73. The number of nitrogens with zero attached hydrogens (tertiary/aromatic N) is 2. The van der Waals surface area contributed by atoms with Gasteiger partial charge in [0, 0.05) is 25.4 Å². The molecule has 1 atom stereocenters. The monoisotopic (exact) mass is 522 g/mol. The average Bonchev–Trinajstić information content (AvgIpc) is 2.70. The maximum atomic E-state index is 12.2. The van der Waals surface area contributed by atoms with E-state index in [9.17, 15) is 13.9 Å².